The monoisotopic (exact) mass is 238 g/mol. The van der Waals surface area contributed by atoms with E-state index in [1.807, 2.05) is 0 Å². The van der Waals surface area contributed by atoms with Gasteiger partial charge in [-0.3, -0.25) is 14.7 Å². The lowest BCUT2D eigenvalue weighted by Crippen LogP contribution is -2.31. The molecule has 0 radical (unpaired) electrons. The highest BCUT2D eigenvalue weighted by Crippen LogP contribution is 2.11. The van der Waals surface area contributed by atoms with Crippen molar-refractivity contribution < 1.29 is 9.59 Å². The maximum absolute atomic E-state index is 12.1. The van der Waals surface area contributed by atoms with E-state index in [0.717, 1.165) is 5.69 Å². The van der Waals surface area contributed by atoms with E-state index in [1.54, 1.807) is 27.9 Å². The summed E-state index contributed by atoms with van der Waals surface area (Å²) < 4.78 is 0. The van der Waals surface area contributed by atoms with E-state index in [-0.39, 0.29) is 11.8 Å². The third-order valence-electron chi connectivity index (χ3n) is 2.64. The van der Waals surface area contributed by atoms with Crippen LogP contribution in [0.4, 0.5) is 0 Å². The number of carbonyl (C=O) groups is 2. The van der Waals surface area contributed by atoms with Gasteiger partial charge in [0, 0.05) is 32.8 Å². The number of amides is 2. The van der Waals surface area contributed by atoms with Crippen molar-refractivity contribution in [2.75, 3.05) is 20.6 Å². The standard InChI is InChI=1S/C11H18N4O2/c1-7-10(8(2)14-13-7)11(17)15(4)6-5-9(16)12-3/h5-6H2,1-4H3,(H,12,16)(H,13,14). The van der Waals surface area contributed by atoms with Crippen molar-refractivity contribution in [3.63, 3.8) is 0 Å². The van der Waals surface area contributed by atoms with Gasteiger partial charge in [0.1, 0.15) is 0 Å². The average molecular weight is 238 g/mol. The smallest absolute Gasteiger partial charge is 0.257 e. The van der Waals surface area contributed by atoms with Crippen LogP contribution in [-0.2, 0) is 4.79 Å². The molecule has 0 aliphatic rings. The van der Waals surface area contributed by atoms with Gasteiger partial charge in [-0.15, -0.1) is 0 Å². The highest BCUT2D eigenvalue weighted by Gasteiger charge is 2.19. The van der Waals surface area contributed by atoms with Crippen LogP contribution in [0.25, 0.3) is 0 Å². The summed E-state index contributed by atoms with van der Waals surface area (Å²) >= 11 is 0. The van der Waals surface area contributed by atoms with Crippen LogP contribution in [0.5, 0.6) is 0 Å². The molecular weight excluding hydrogens is 220 g/mol. The van der Waals surface area contributed by atoms with Gasteiger partial charge < -0.3 is 10.2 Å². The van der Waals surface area contributed by atoms with Crippen molar-refractivity contribution in [3.8, 4) is 0 Å². The summed E-state index contributed by atoms with van der Waals surface area (Å²) in [6.45, 7) is 3.98. The second-order valence-corrected chi connectivity index (χ2v) is 3.96. The normalized spacial score (nSPS) is 10.1. The molecule has 1 aromatic rings. The van der Waals surface area contributed by atoms with Crippen LogP contribution in [0.3, 0.4) is 0 Å². The van der Waals surface area contributed by atoms with Crippen molar-refractivity contribution in [1.29, 1.82) is 0 Å². The first-order valence-corrected chi connectivity index (χ1v) is 5.45. The molecule has 0 bridgehead atoms. The number of nitrogens with one attached hydrogen (secondary N) is 2. The number of hydrogen-bond acceptors (Lipinski definition) is 3. The number of carbonyl (C=O) groups excluding carboxylic acids is 2. The molecule has 1 heterocycles. The van der Waals surface area contributed by atoms with Crippen molar-refractivity contribution in [2.45, 2.75) is 20.3 Å². The summed E-state index contributed by atoms with van der Waals surface area (Å²) in [4.78, 5) is 24.7. The van der Waals surface area contributed by atoms with Crippen LogP contribution in [0.2, 0.25) is 0 Å². The molecule has 17 heavy (non-hydrogen) atoms. The molecule has 0 fully saturated rings. The SMILES string of the molecule is CNC(=O)CCN(C)C(=O)c1c(C)n[nH]c1C. The first-order chi connectivity index (χ1) is 7.97. The Bertz CT molecular complexity index is 406. The second kappa shape index (κ2) is 5.47. The van der Waals surface area contributed by atoms with Gasteiger partial charge in [0.2, 0.25) is 5.91 Å². The molecule has 1 rings (SSSR count). The van der Waals surface area contributed by atoms with E-state index in [0.29, 0.717) is 24.2 Å². The van der Waals surface area contributed by atoms with E-state index < -0.39 is 0 Å². The van der Waals surface area contributed by atoms with E-state index >= 15 is 0 Å². The Hall–Kier alpha value is -1.85. The molecule has 6 nitrogen and oxygen atoms in total. The average Bonchev–Trinajstić information content (AvgIpc) is 2.64. The summed E-state index contributed by atoms with van der Waals surface area (Å²) in [5.41, 5.74) is 2.02. The van der Waals surface area contributed by atoms with Crippen molar-refractivity contribution in [2.24, 2.45) is 0 Å². The van der Waals surface area contributed by atoms with Crippen molar-refractivity contribution in [1.82, 2.24) is 20.4 Å². The van der Waals surface area contributed by atoms with Crippen LogP contribution < -0.4 is 5.32 Å². The third-order valence-corrected chi connectivity index (χ3v) is 2.64. The lowest BCUT2D eigenvalue weighted by molar-refractivity contribution is -0.120. The zero-order valence-electron chi connectivity index (χ0n) is 10.6. The minimum Gasteiger partial charge on any atom is -0.359 e. The number of aryl methyl sites for hydroxylation is 2. The molecule has 2 N–H and O–H groups in total. The molecule has 0 saturated carbocycles. The highest BCUT2D eigenvalue weighted by molar-refractivity contribution is 5.96. The Morgan fingerprint density at radius 1 is 1.41 bits per heavy atom. The fraction of sp³-hybridized carbons (Fsp3) is 0.545. The van der Waals surface area contributed by atoms with Crippen LogP contribution in [0.1, 0.15) is 28.2 Å². The van der Waals surface area contributed by atoms with Gasteiger partial charge in [0.05, 0.1) is 11.3 Å². The van der Waals surface area contributed by atoms with Gasteiger partial charge in [-0.1, -0.05) is 0 Å². The number of nitrogens with zero attached hydrogens (tertiary/aromatic N) is 2. The molecule has 0 unspecified atom stereocenters. The fourth-order valence-electron chi connectivity index (χ4n) is 1.55. The number of aromatic amines is 1. The highest BCUT2D eigenvalue weighted by atomic mass is 16.2. The molecule has 0 aromatic carbocycles. The summed E-state index contributed by atoms with van der Waals surface area (Å²) in [6, 6.07) is 0. The van der Waals surface area contributed by atoms with E-state index in [2.05, 4.69) is 15.5 Å². The van der Waals surface area contributed by atoms with Gasteiger partial charge in [-0.05, 0) is 13.8 Å². The van der Waals surface area contributed by atoms with Crippen LogP contribution >= 0.6 is 0 Å². The molecular formula is C11H18N4O2. The first-order valence-electron chi connectivity index (χ1n) is 5.45. The zero-order valence-corrected chi connectivity index (χ0v) is 10.6. The minimum absolute atomic E-state index is 0.0784. The second-order valence-electron chi connectivity index (χ2n) is 3.96. The first kappa shape index (κ1) is 13.2. The van der Waals surface area contributed by atoms with Crippen LogP contribution in [-0.4, -0.2) is 47.6 Å². The topological polar surface area (TPSA) is 78.1 Å². The zero-order chi connectivity index (χ0) is 13.0. The van der Waals surface area contributed by atoms with E-state index in [1.165, 1.54) is 4.90 Å². The number of aromatic nitrogens is 2. The Morgan fingerprint density at radius 2 is 2.06 bits per heavy atom. The Morgan fingerprint density at radius 3 is 2.53 bits per heavy atom. The summed E-state index contributed by atoms with van der Waals surface area (Å²) in [5.74, 6) is -0.192. The third kappa shape index (κ3) is 3.05. The molecule has 0 saturated heterocycles. The maximum Gasteiger partial charge on any atom is 0.257 e. The van der Waals surface area contributed by atoms with Gasteiger partial charge >= 0.3 is 0 Å². The van der Waals surface area contributed by atoms with E-state index in [4.69, 9.17) is 0 Å². The molecule has 1 aromatic heterocycles. The number of H-pyrrole nitrogens is 1. The summed E-state index contributed by atoms with van der Waals surface area (Å²) in [5, 5.41) is 9.27. The summed E-state index contributed by atoms with van der Waals surface area (Å²) in [6.07, 6.45) is 0.300. The summed E-state index contributed by atoms with van der Waals surface area (Å²) in [7, 11) is 3.26. The van der Waals surface area contributed by atoms with Gasteiger partial charge in [-0.2, -0.15) is 5.10 Å². The molecule has 2 amide bonds. The molecule has 0 atom stereocenters. The van der Waals surface area contributed by atoms with Gasteiger partial charge in [-0.25, -0.2) is 0 Å². The van der Waals surface area contributed by atoms with Crippen molar-refractivity contribution >= 4 is 11.8 Å². The fourth-order valence-corrected chi connectivity index (χ4v) is 1.55. The lowest BCUT2D eigenvalue weighted by Gasteiger charge is -2.16. The number of rotatable bonds is 4. The van der Waals surface area contributed by atoms with Gasteiger partial charge in [0.25, 0.3) is 5.91 Å². The van der Waals surface area contributed by atoms with Crippen LogP contribution in [0, 0.1) is 13.8 Å². The minimum atomic E-state index is -0.113. The predicted octanol–water partition coefficient (Wildman–Crippen LogP) is 0.235. The molecule has 0 aliphatic heterocycles. The Kier molecular flexibility index (Phi) is 4.25. The quantitative estimate of drug-likeness (QED) is 0.788. The maximum atomic E-state index is 12.1. The van der Waals surface area contributed by atoms with Crippen molar-refractivity contribution in [3.05, 3.63) is 17.0 Å². The largest absolute Gasteiger partial charge is 0.359 e. The van der Waals surface area contributed by atoms with Crippen LogP contribution in [0.15, 0.2) is 0 Å². The van der Waals surface area contributed by atoms with E-state index in [9.17, 15) is 9.59 Å². The predicted molar refractivity (Wildman–Crippen MR) is 63.7 cm³/mol. The Labute approximate surface area is 100 Å². The molecule has 0 spiro atoms. The lowest BCUT2D eigenvalue weighted by atomic mass is 10.1. The molecule has 0 aliphatic carbocycles. The molecule has 6 heteroatoms. The molecule has 94 valence electrons. The Balaban J connectivity index is 2.67. The van der Waals surface area contributed by atoms with Gasteiger partial charge in [0.15, 0.2) is 0 Å². The number of hydrogen-bond donors (Lipinski definition) is 2.